The van der Waals surface area contributed by atoms with Crippen molar-refractivity contribution in [2.75, 3.05) is 27.2 Å². The number of amides is 1. The molecule has 1 aromatic carbocycles. The van der Waals surface area contributed by atoms with E-state index in [1.54, 1.807) is 24.4 Å². The Morgan fingerprint density at radius 2 is 2.03 bits per heavy atom. The quantitative estimate of drug-likeness (QED) is 0.602. The van der Waals surface area contributed by atoms with E-state index >= 15 is 0 Å². The van der Waals surface area contributed by atoms with Crippen molar-refractivity contribution < 1.29 is 17.9 Å². The molecule has 2 heterocycles. The van der Waals surface area contributed by atoms with Crippen LogP contribution >= 0.6 is 0 Å². The van der Waals surface area contributed by atoms with Gasteiger partial charge < -0.3 is 10.1 Å². The van der Waals surface area contributed by atoms with Crippen LogP contribution in [0.3, 0.4) is 0 Å². The maximum Gasteiger partial charge on any atom is 0.244 e. The van der Waals surface area contributed by atoms with Gasteiger partial charge in [-0.15, -0.1) is 0 Å². The molecule has 31 heavy (non-hydrogen) atoms. The smallest absolute Gasteiger partial charge is 0.244 e. The summed E-state index contributed by atoms with van der Waals surface area (Å²) in [5, 5.41) is 3.03. The van der Waals surface area contributed by atoms with Gasteiger partial charge in [-0.1, -0.05) is 12.1 Å². The number of hydrogen-bond acceptors (Lipinski definition) is 6. The number of benzene rings is 1. The van der Waals surface area contributed by atoms with Crippen LogP contribution < -0.4 is 14.8 Å². The van der Waals surface area contributed by atoms with Gasteiger partial charge in [0.15, 0.2) is 0 Å². The summed E-state index contributed by atoms with van der Waals surface area (Å²) < 4.78 is 31.8. The summed E-state index contributed by atoms with van der Waals surface area (Å²) in [6, 6.07) is 10.8. The van der Waals surface area contributed by atoms with Crippen molar-refractivity contribution in [3.8, 4) is 5.75 Å². The largest absolute Gasteiger partial charge is 0.495 e. The minimum Gasteiger partial charge on any atom is -0.495 e. The molecule has 2 aromatic rings. The highest BCUT2D eigenvalue weighted by Gasteiger charge is 2.21. The molecule has 8 nitrogen and oxygen atoms in total. The highest BCUT2D eigenvalue weighted by atomic mass is 32.2. The van der Waals surface area contributed by atoms with Gasteiger partial charge in [0.25, 0.3) is 0 Å². The molecule has 2 N–H and O–H groups in total. The van der Waals surface area contributed by atoms with Crippen LogP contribution in [0.25, 0.3) is 6.08 Å². The van der Waals surface area contributed by atoms with E-state index in [0.717, 1.165) is 38.2 Å². The molecule has 1 saturated heterocycles. The second-order valence-corrected chi connectivity index (χ2v) is 9.19. The van der Waals surface area contributed by atoms with Crippen LogP contribution in [-0.4, -0.2) is 57.5 Å². The van der Waals surface area contributed by atoms with Gasteiger partial charge in [0.1, 0.15) is 10.6 Å². The number of rotatable bonds is 8. The third-order valence-electron chi connectivity index (χ3n) is 5.22. The predicted octanol–water partition coefficient (Wildman–Crippen LogP) is 1.79. The molecule has 0 atom stereocenters. The van der Waals surface area contributed by atoms with Gasteiger partial charge in [0, 0.05) is 37.9 Å². The molecule has 1 aromatic heterocycles. The summed E-state index contributed by atoms with van der Waals surface area (Å²) in [6.07, 6.45) is 6.57. The molecular weight excluding hydrogens is 416 g/mol. The van der Waals surface area contributed by atoms with Crippen LogP contribution in [-0.2, 0) is 21.4 Å². The summed E-state index contributed by atoms with van der Waals surface area (Å²) >= 11 is 0. The molecule has 0 unspecified atom stereocenters. The number of ether oxygens (including phenoxy) is 1. The van der Waals surface area contributed by atoms with E-state index in [1.165, 1.54) is 26.3 Å². The van der Waals surface area contributed by atoms with Gasteiger partial charge in [-0.2, -0.15) is 0 Å². The molecule has 166 valence electrons. The van der Waals surface area contributed by atoms with Gasteiger partial charge in [-0.05, 0) is 55.8 Å². The van der Waals surface area contributed by atoms with Gasteiger partial charge >= 0.3 is 0 Å². The van der Waals surface area contributed by atoms with Crippen molar-refractivity contribution in [1.29, 1.82) is 0 Å². The first kappa shape index (κ1) is 22.9. The van der Waals surface area contributed by atoms with Crippen molar-refractivity contribution in [2.45, 2.75) is 30.3 Å². The van der Waals surface area contributed by atoms with E-state index in [2.05, 4.69) is 19.9 Å². The topological polar surface area (TPSA) is 101 Å². The first-order valence-corrected chi connectivity index (χ1v) is 11.6. The minimum atomic E-state index is -3.67. The van der Waals surface area contributed by atoms with Crippen molar-refractivity contribution in [3.05, 3.63) is 59.9 Å². The molecule has 0 saturated carbocycles. The van der Waals surface area contributed by atoms with Crippen molar-refractivity contribution in [1.82, 2.24) is 19.9 Å². The summed E-state index contributed by atoms with van der Waals surface area (Å²) in [7, 11) is -0.920. The number of nitrogens with zero attached hydrogens (tertiary/aromatic N) is 2. The Bertz CT molecular complexity index is 1020. The standard InChI is InChI=1S/C22H28N4O4S/c1-23-31(28,29)21-15-17(6-8-20(21)30-2)7-9-22(27)25-18-10-13-26(14-11-18)16-19-5-3-4-12-24-19/h3-9,12,15,18,23H,10-11,13-14,16H2,1-2H3,(H,25,27). The lowest BCUT2D eigenvalue weighted by molar-refractivity contribution is -0.117. The van der Waals surface area contributed by atoms with E-state index in [-0.39, 0.29) is 22.6 Å². The molecule has 0 spiro atoms. The second kappa shape index (κ2) is 10.5. The van der Waals surface area contributed by atoms with E-state index in [1.807, 2.05) is 18.2 Å². The SMILES string of the molecule is CNS(=O)(=O)c1cc(C=CC(=O)NC2CCN(Cc3ccccn3)CC2)ccc1OC. The monoisotopic (exact) mass is 444 g/mol. The van der Waals surface area contributed by atoms with Crippen molar-refractivity contribution in [3.63, 3.8) is 0 Å². The zero-order chi connectivity index (χ0) is 22.3. The van der Waals surface area contributed by atoms with E-state index in [9.17, 15) is 13.2 Å². The lowest BCUT2D eigenvalue weighted by Crippen LogP contribution is -2.43. The van der Waals surface area contributed by atoms with Gasteiger partial charge in [0.2, 0.25) is 15.9 Å². The molecule has 1 aliphatic rings. The number of aromatic nitrogens is 1. The first-order chi connectivity index (χ1) is 14.9. The summed E-state index contributed by atoms with van der Waals surface area (Å²) in [5.74, 6) is 0.0467. The highest BCUT2D eigenvalue weighted by Crippen LogP contribution is 2.25. The summed E-state index contributed by atoms with van der Waals surface area (Å²) in [5.41, 5.74) is 1.64. The Kier molecular flexibility index (Phi) is 7.78. The van der Waals surface area contributed by atoms with Crippen LogP contribution in [0.1, 0.15) is 24.1 Å². The van der Waals surface area contributed by atoms with Crippen molar-refractivity contribution in [2.24, 2.45) is 0 Å². The maximum absolute atomic E-state index is 12.3. The number of carbonyl (C=O) groups excluding carboxylic acids is 1. The summed E-state index contributed by atoms with van der Waals surface area (Å²) in [4.78, 5) is 19.1. The van der Waals surface area contributed by atoms with Gasteiger partial charge in [0.05, 0.1) is 12.8 Å². The number of sulfonamides is 1. The lowest BCUT2D eigenvalue weighted by Gasteiger charge is -2.31. The fourth-order valence-electron chi connectivity index (χ4n) is 3.49. The second-order valence-electron chi connectivity index (χ2n) is 7.33. The zero-order valence-electron chi connectivity index (χ0n) is 17.7. The number of piperidine rings is 1. The molecule has 1 fully saturated rings. The molecule has 0 bridgehead atoms. The number of methoxy groups -OCH3 is 1. The average Bonchev–Trinajstić information content (AvgIpc) is 2.79. The summed E-state index contributed by atoms with van der Waals surface area (Å²) in [6.45, 7) is 2.61. The Hall–Kier alpha value is -2.75. The van der Waals surface area contributed by atoms with Gasteiger partial charge in [-0.3, -0.25) is 14.7 Å². The Labute approximate surface area is 183 Å². The van der Waals surface area contributed by atoms with Crippen LogP contribution in [0.15, 0.2) is 53.6 Å². The number of nitrogens with one attached hydrogen (secondary N) is 2. The number of pyridine rings is 1. The van der Waals surface area contributed by atoms with E-state index in [0.29, 0.717) is 5.56 Å². The number of hydrogen-bond donors (Lipinski definition) is 2. The van der Waals surface area contributed by atoms with Gasteiger partial charge in [-0.25, -0.2) is 13.1 Å². The zero-order valence-corrected chi connectivity index (χ0v) is 18.6. The molecule has 0 radical (unpaired) electrons. The predicted molar refractivity (Wildman–Crippen MR) is 119 cm³/mol. The normalized spacial score (nSPS) is 15.8. The van der Waals surface area contributed by atoms with Crippen molar-refractivity contribution >= 4 is 22.0 Å². The lowest BCUT2D eigenvalue weighted by atomic mass is 10.0. The molecule has 0 aliphatic carbocycles. The molecular formula is C22H28N4O4S. The fourth-order valence-corrected chi connectivity index (χ4v) is 4.42. The Morgan fingerprint density at radius 3 is 2.68 bits per heavy atom. The van der Waals surface area contributed by atoms with Crippen LogP contribution in [0.5, 0.6) is 5.75 Å². The molecule has 9 heteroatoms. The van der Waals surface area contributed by atoms with E-state index in [4.69, 9.17) is 4.74 Å². The highest BCUT2D eigenvalue weighted by molar-refractivity contribution is 7.89. The third kappa shape index (κ3) is 6.36. The van der Waals surface area contributed by atoms with Crippen LogP contribution in [0.2, 0.25) is 0 Å². The Balaban J connectivity index is 1.54. The molecule has 1 aliphatic heterocycles. The molecule has 1 amide bonds. The fraction of sp³-hybridized carbons (Fsp3) is 0.364. The number of carbonyl (C=O) groups is 1. The minimum absolute atomic E-state index is 0.0281. The maximum atomic E-state index is 12.3. The van der Waals surface area contributed by atoms with E-state index < -0.39 is 10.0 Å². The third-order valence-corrected chi connectivity index (χ3v) is 6.65. The van der Waals surface area contributed by atoms with Crippen LogP contribution in [0, 0.1) is 0 Å². The molecule has 3 rings (SSSR count). The van der Waals surface area contributed by atoms with Crippen LogP contribution in [0.4, 0.5) is 0 Å². The average molecular weight is 445 g/mol. The Morgan fingerprint density at radius 1 is 1.26 bits per heavy atom. The number of likely N-dealkylation sites (tertiary alicyclic amines) is 1. The first-order valence-electron chi connectivity index (χ1n) is 10.1.